The standard InChI is InChI=1S/C18H26N4O2/c1-14(19-13-15-7-9-22(10-8-15)11-12-23)17-20-21-18(24-17)16-5-3-2-4-6-16/h2-6,14-15,19,23H,7-13H2,1H3/t14-/m0/s1. The van der Waals surface area contributed by atoms with Crippen molar-refractivity contribution >= 4 is 0 Å². The number of aliphatic hydroxyl groups excluding tert-OH is 1. The van der Waals surface area contributed by atoms with Crippen LogP contribution in [0.3, 0.4) is 0 Å². The van der Waals surface area contributed by atoms with Gasteiger partial charge in [-0.2, -0.15) is 0 Å². The molecule has 2 N–H and O–H groups in total. The summed E-state index contributed by atoms with van der Waals surface area (Å²) in [4.78, 5) is 2.32. The number of hydrogen-bond donors (Lipinski definition) is 2. The lowest BCUT2D eigenvalue weighted by Gasteiger charge is -2.31. The van der Waals surface area contributed by atoms with Gasteiger partial charge in [-0.25, -0.2) is 0 Å². The SMILES string of the molecule is C[C@H](NCC1CCN(CCO)CC1)c1nnc(-c2ccccc2)o1. The first-order valence-corrected chi connectivity index (χ1v) is 8.71. The minimum atomic E-state index is 0.0467. The van der Waals surface area contributed by atoms with Crippen molar-refractivity contribution in [2.24, 2.45) is 5.92 Å². The molecule has 0 unspecified atom stereocenters. The smallest absolute Gasteiger partial charge is 0.247 e. The van der Waals surface area contributed by atoms with E-state index in [1.54, 1.807) is 0 Å². The highest BCUT2D eigenvalue weighted by molar-refractivity contribution is 5.51. The second kappa shape index (κ2) is 8.37. The van der Waals surface area contributed by atoms with Crippen LogP contribution < -0.4 is 5.32 Å². The largest absolute Gasteiger partial charge is 0.419 e. The highest BCUT2D eigenvalue weighted by atomic mass is 16.4. The van der Waals surface area contributed by atoms with Crippen LogP contribution in [0.25, 0.3) is 11.5 Å². The van der Waals surface area contributed by atoms with Crippen LogP contribution in [0.1, 0.15) is 31.7 Å². The van der Waals surface area contributed by atoms with E-state index in [1.165, 1.54) is 12.8 Å². The fourth-order valence-electron chi connectivity index (χ4n) is 3.09. The van der Waals surface area contributed by atoms with Gasteiger partial charge < -0.3 is 19.7 Å². The summed E-state index contributed by atoms with van der Waals surface area (Å²) in [5.74, 6) is 1.86. The van der Waals surface area contributed by atoms with Crippen molar-refractivity contribution in [2.45, 2.75) is 25.8 Å². The van der Waals surface area contributed by atoms with E-state index in [-0.39, 0.29) is 12.6 Å². The molecule has 130 valence electrons. The molecular formula is C18H26N4O2. The molecule has 0 radical (unpaired) electrons. The number of likely N-dealkylation sites (tertiary alicyclic amines) is 1. The van der Waals surface area contributed by atoms with Crippen molar-refractivity contribution < 1.29 is 9.52 Å². The molecule has 2 heterocycles. The van der Waals surface area contributed by atoms with Gasteiger partial charge in [-0.1, -0.05) is 18.2 Å². The molecule has 6 heteroatoms. The van der Waals surface area contributed by atoms with E-state index in [0.29, 0.717) is 17.7 Å². The van der Waals surface area contributed by atoms with Crippen molar-refractivity contribution in [1.29, 1.82) is 0 Å². The lowest BCUT2D eigenvalue weighted by molar-refractivity contribution is 0.145. The summed E-state index contributed by atoms with van der Waals surface area (Å²) in [6.07, 6.45) is 2.33. The van der Waals surface area contributed by atoms with Crippen LogP contribution in [0.15, 0.2) is 34.7 Å². The van der Waals surface area contributed by atoms with E-state index in [2.05, 4.69) is 27.3 Å². The maximum absolute atomic E-state index is 8.99. The summed E-state index contributed by atoms with van der Waals surface area (Å²) in [5.41, 5.74) is 0.944. The quantitative estimate of drug-likeness (QED) is 0.810. The summed E-state index contributed by atoms with van der Waals surface area (Å²) in [7, 11) is 0. The van der Waals surface area contributed by atoms with Gasteiger partial charge in [0.2, 0.25) is 11.8 Å². The monoisotopic (exact) mass is 330 g/mol. The molecule has 2 aromatic rings. The number of piperidine rings is 1. The maximum atomic E-state index is 8.99. The number of β-amino-alcohol motifs (C(OH)–C–C–N with tert-alkyl or cyclic N) is 1. The van der Waals surface area contributed by atoms with Gasteiger partial charge in [0.1, 0.15) is 0 Å². The Hall–Kier alpha value is -1.76. The number of nitrogens with zero attached hydrogens (tertiary/aromatic N) is 3. The average Bonchev–Trinajstić information content (AvgIpc) is 3.12. The number of aromatic nitrogens is 2. The number of rotatable bonds is 7. The molecule has 1 aromatic heterocycles. The minimum absolute atomic E-state index is 0.0467. The first-order chi connectivity index (χ1) is 11.8. The second-order valence-electron chi connectivity index (χ2n) is 6.45. The van der Waals surface area contributed by atoms with Gasteiger partial charge in [0.15, 0.2) is 0 Å². The summed E-state index contributed by atoms with van der Waals surface area (Å²) >= 11 is 0. The van der Waals surface area contributed by atoms with Crippen molar-refractivity contribution in [1.82, 2.24) is 20.4 Å². The molecule has 0 amide bonds. The fourth-order valence-corrected chi connectivity index (χ4v) is 3.09. The zero-order valence-corrected chi connectivity index (χ0v) is 14.2. The molecule has 1 aliphatic heterocycles. The van der Waals surface area contributed by atoms with Crippen molar-refractivity contribution in [2.75, 3.05) is 32.8 Å². The van der Waals surface area contributed by atoms with Crippen LogP contribution >= 0.6 is 0 Å². The summed E-state index contributed by atoms with van der Waals surface area (Å²) in [6, 6.07) is 9.88. The average molecular weight is 330 g/mol. The number of nitrogens with one attached hydrogen (secondary N) is 1. The molecule has 6 nitrogen and oxygen atoms in total. The molecule has 24 heavy (non-hydrogen) atoms. The Balaban J connectivity index is 1.48. The molecule has 0 saturated carbocycles. The van der Waals surface area contributed by atoms with Crippen molar-refractivity contribution in [3.8, 4) is 11.5 Å². The van der Waals surface area contributed by atoms with E-state index in [4.69, 9.17) is 9.52 Å². The van der Waals surface area contributed by atoms with E-state index in [1.807, 2.05) is 30.3 Å². The Labute approximate surface area is 142 Å². The number of hydrogen-bond acceptors (Lipinski definition) is 6. The normalized spacial score (nSPS) is 17.9. The van der Waals surface area contributed by atoms with Crippen LogP contribution in [0.5, 0.6) is 0 Å². The molecular weight excluding hydrogens is 304 g/mol. The predicted octanol–water partition coefficient (Wildman–Crippen LogP) is 2.09. The van der Waals surface area contributed by atoms with E-state index >= 15 is 0 Å². The van der Waals surface area contributed by atoms with E-state index < -0.39 is 0 Å². The van der Waals surface area contributed by atoms with Crippen LogP contribution in [-0.2, 0) is 0 Å². The Kier molecular flexibility index (Phi) is 5.96. The zero-order valence-electron chi connectivity index (χ0n) is 14.2. The summed E-state index contributed by atoms with van der Waals surface area (Å²) in [5, 5.41) is 20.8. The van der Waals surface area contributed by atoms with Gasteiger partial charge in [0, 0.05) is 12.1 Å². The van der Waals surface area contributed by atoms with Gasteiger partial charge in [-0.15, -0.1) is 10.2 Å². The van der Waals surface area contributed by atoms with Crippen LogP contribution in [0, 0.1) is 5.92 Å². The Bertz CT molecular complexity index is 608. The third-order valence-corrected chi connectivity index (χ3v) is 4.67. The molecule has 0 aliphatic carbocycles. The molecule has 1 atom stereocenters. The van der Waals surface area contributed by atoms with E-state index in [0.717, 1.165) is 31.7 Å². The molecule has 1 aromatic carbocycles. The Morgan fingerprint density at radius 3 is 2.71 bits per heavy atom. The lowest BCUT2D eigenvalue weighted by Crippen LogP contribution is -2.39. The zero-order chi connectivity index (χ0) is 16.8. The topological polar surface area (TPSA) is 74.4 Å². The maximum Gasteiger partial charge on any atom is 0.247 e. The molecule has 0 bridgehead atoms. The number of aliphatic hydroxyl groups is 1. The Morgan fingerprint density at radius 2 is 2.00 bits per heavy atom. The lowest BCUT2D eigenvalue weighted by atomic mass is 9.96. The van der Waals surface area contributed by atoms with Crippen LogP contribution in [-0.4, -0.2) is 53.0 Å². The van der Waals surface area contributed by atoms with E-state index in [9.17, 15) is 0 Å². The van der Waals surface area contributed by atoms with Crippen molar-refractivity contribution in [3.05, 3.63) is 36.2 Å². The molecule has 0 spiro atoms. The predicted molar refractivity (Wildman–Crippen MR) is 92.4 cm³/mol. The first-order valence-electron chi connectivity index (χ1n) is 8.71. The second-order valence-corrected chi connectivity index (χ2v) is 6.45. The molecule has 3 rings (SSSR count). The molecule has 1 saturated heterocycles. The van der Waals surface area contributed by atoms with Gasteiger partial charge in [0.05, 0.1) is 12.6 Å². The highest BCUT2D eigenvalue weighted by Gasteiger charge is 2.21. The molecule has 1 fully saturated rings. The summed E-state index contributed by atoms with van der Waals surface area (Å²) < 4.78 is 5.80. The fraction of sp³-hybridized carbons (Fsp3) is 0.556. The van der Waals surface area contributed by atoms with Crippen LogP contribution in [0.4, 0.5) is 0 Å². The first kappa shape index (κ1) is 17.1. The van der Waals surface area contributed by atoms with Gasteiger partial charge in [-0.05, 0) is 57.5 Å². The van der Waals surface area contributed by atoms with Gasteiger partial charge in [0.25, 0.3) is 0 Å². The number of benzene rings is 1. The van der Waals surface area contributed by atoms with Crippen molar-refractivity contribution in [3.63, 3.8) is 0 Å². The summed E-state index contributed by atoms with van der Waals surface area (Å²) in [6.45, 7) is 6.20. The third-order valence-electron chi connectivity index (χ3n) is 4.67. The minimum Gasteiger partial charge on any atom is -0.419 e. The van der Waals surface area contributed by atoms with Gasteiger partial charge >= 0.3 is 0 Å². The highest BCUT2D eigenvalue weighted by Crippen LogP contribution is 2.21. The third kappa shape index (κ3) is 4.41. The molecule has 1 aliphatic rings. The van der Waals surface area contributed by atoms with Crippen LogP contribution in [0.2, 0.25) is 0 Å². The Morgan fingerprint density at radius 1 is 1.25 bits per heavy atom. The van der Waals surface area contributed by atoms with Gasteiger partial charge in [-0.3, -0.25) is 0 Å².